The topological polar surface area (TPSA) is 18.5 Å². The van der Waals surface area contributed by atoms with Crippen LogP contribution in [0, 0.1) is 0 Å². The third kappa shape index (κ3) is 9.13. The Labute approximate surface area is 103 Å². The monoisotopic (exact) mass is 231 g/mol. The van der Waals surface area contributed by atoms with Crippen molar-refractivity contribution in [3.63, 3.8) is 0 Å². The molecule has 16 heavy (non-hydrogen) atoms. The van der Waals surface area contributed by atoms with Gasteiger partial charge in [0.2, 0.25) is 0 Å². The molecule has 0 saturated carbocycles. The lowest BCUT2D eigenvalue weighted by Gasteiger charge is -2.30. The van der Waals surface area contributed by atoms with Crippen LogP contribution in [-0.2, 0) is 0 Å². The Hall–Kier alpha value is -0.120. The van der Waals surface area contributed by atoms with Crippen LogP contribution in [0.15, 0.2) is 0 Å². The van der Waals surface area contributed by atoms with Crippen molar-refractivity contribution in [2.75, 3.05) is 40.3 Å². The zero-order chi connectivity index (χ0) is 11.8. The largest absolute Gasteiger partial charge is 0.314 e. The standard InChI is InChI=1S/C7H16N2.C5H13N.CH4/c1-7(2)9-5-3-8-4-6-9;1-5(2)6(3)4;/h7-8H,3-6H2,1-2H3;5H,1-4H3;1H4. The van der Waals surface area contributed by atoms with E-state index < -0.39 is 0 Å². The minimum atomic E-state index is 0. The highest BCUT2D eigenvalue weighted by Gasteiger charge is 2.11. The van der Waals surface area contributed by atoms with Crippen molar-refractivity contribution in [1.29, 1.82) is 0 Å². The van der Waals surface area contributed by atoms with Gasteiger partial charge >= 0.3 is 0 Å². The number of hydrogen-bond donors (Lipinski definition) is 1. The first-order valence-corrected chi connectivity index (χ1v) is 6.06. The molecule has 0 bridgehead atoms. The summed E-state index contributed by atoms with van der Waals surface area (Å²) in [6.45, 7) is 13.6. The van der Waals surface area contributed by atoms with Crippen molar-refractivity contribution in [2.24, 2.45) is 0 Å². The Morgan fingerprint density at radius 3 is 1.56 bits per heavy atom. The van der Waals surface area contributed by atoms with Crippen molar-refractivity contribution >= 4 is 0 Å². The molecule has 3 nitrogen and oxygen atoms in total. The van der Waals surface area contributed by atoms with Gasteiger partial charge in [0, 0.05) is 38.3 Å². The molecule has 0 spiro atoms. The summed E-state index contributed by atoms with van der Waals surface area (Å²) in [5.74, 6) is 0. The molecule has 1 heterocycles. The maximum absolute atomic E-state index is 3.33. The fourth-order valence-corrected chi connectivity index (χ4v) is 1.20. The fraction of sp³-hybridized carbons (Fsp3) is 1.00. The predicted molar refractivity (Wildman–Crippen MR) is 75.1 cm³/mol. The lowest BCUT2D eigenvalue weighted by molar-refractivity contribution is 0.196. The molecule has 1 saturated heterocycles. The van der Waals surface area contributed by atoms with Crippen LogP contribution in [0.5, 0.6) is 0 Å². The molecular formula is C13H33N3. The van der Waals surface area contributed by atoms with Gasteiger partial charge in [0.15, 0.2) is 0 Å². The molecule has 100 valence electrons. The summed E-state index contributed by atoms with van der Waals surface area (Å²) in [6.07, 6.45) is 0. The zero-order valence-corrected chi connectivity index (χ0v) is 11.4. The summed E-state index contributed by atoms with van der Waals surface area (Å²) in [4.78, 5) is 4.66. The Kier molecular flexibility index (Phi) is 11.5. The third-order valence-corrected chi connectivity index (χ3v) is 2.91. The van der Waals surface area contributed by atoms with Gasteiger partial charge in [-0.25, -0.2) is 0 Å². The molecule has 0 unspecified atom stereocenters. The average Bonchev–Trinajstić information content (AvgIpc) is 2.20. The van der Waals surface area contributed by atoms with Gasteiger partial charge < -0.3 is 10.2 Å². The van der Waals surface area contributed by atoms with Crippen molar-refractivity contribution in [3.8, 4) is 0 Å². The second-order valence-electron chi connectivity index (χ2n) is 4.94. The van der Waals surface area contributed by atoms with Crippen molar-refractivity contribution in [3.05, 3.63) is 0 Å². The number of hydrogen-bond acceptors (Lipinski definition) is 3. The predicted octanol–water partition coefficient (Wildman–Crippen LogP) is 1.89. The average molecular weight is 231 g/mol. The SMILES string of the molecule is C.CC(C)N(C)C.CC(C)N1CCNCC1. The van der Waals surface area contributed by atoms with E-state index in [1.807, 2.05) is 0 Å². The van der Waals surface area contributed by atoms with Gasteiger partial charge in [-0.2, -0.15) is 0 Å². The summed E-state index contributed by atoms with van der Waals surface area (Å²) in [5, 5.41) is 3.33. The highest BCUT2D eigenvalue weighted by molar-refractivity contribution is 4.69. The van der Waals surface area contributed by atoms with Crippen LogP contribution < -0.4 is 5.32 Å². The van der Waals surface area contributed by atoms with E-state index in [1.54, 1.807) is 0 Å². The summed E-state index contributed by atoms with van der Waals surface area (Å²) in [7, 11) is 4.15. The molecule has 1 fully saturated rings. The van der Waals surface area contributed by atoms with E-state index in [0.717, 1.165) is 19.1 Å². The number of piperazine rings is 1. The summed E-state index contributed by atoms with van der Waals surface area (Å²) in [6, 6.07) is 1.41. The second kappa shape index (κ2) is 10.1. The van der Waals surface area contributed by atoms with Crippen molar-refractivity contribution in [2.45, 2.75) is 47.2 Å². The number of rotatable bonds is 2. The van der Waals surface area contributed by atoms with Gasteiger partial charge in [0.25, 0.3) is 0 Å². The van der Waals surface area contributed by atoms with Crippen molar-refractivity contribution in [1.82, 2.24) is 15.1 Å². The van der Waals surface area contributed by atoms with Crippen LogP contribution >= 0.6 is 0 Å². The summed E-state index contributed by atoms with van der Waals surface area (Å²) < 4.78 is 0. The Balaban J connectivity index is 0. The summed E-state index contributed by atoms with van der Waals surface area (Å²) in [5.41, 5.74) is 0. The van der Waals surface area contributed by atoms with Crippen molar-refractivity contribution < 1.29 is 0 Å². The smallest absolute Gasteiger partial charge is 0.0110 e. The van der Waals surface area contributed by atoms with Gasteiger partial charge in [0.1, 0.15) is 0 Å². The molecule has 1 rings (SSSR count). The fourth-order valence-electron chi connectivity index (χ4n) is 1.20. The minimum absolute atomic E-state index is 0. The van der Waals surface area contributed by atoms with E-state index in [4.69, 9.17) is 0 Å². The molecule has 0 atom stereocenters. The Bertz CT molecular complexity index is 132. The van der Waals surface area contributed by atoms with Crippen LogP contribution in [0.1, 0.15) is 35.1 Å². The Morgan fingerprint density at radius 2 is 1.38 bits per heavy atom. The van der Waals surface area contributed by atoms with Gasteiger partial charge in [0.05, 0.1) is 0 Å². The molecule has 0 amide bonds. The molecule has 0 aromatic carbocycles. The number of nitrogens with zero attached hydrogens (tertiary/aromatic N) is 2. The second-order valence-corrected chi connectivity index (χ2v) is 4.94. The first kappa shape index (κ1) is 18.3. The van der Waals surface area contributed by atoms with Gasteiger partial charge in [-0.05, 0) is 41.8 Å². The van der Waals surface area contributed by atoms with E-state index in [9.17, 15) is 0 Å². The first-order chi connectivity index (χ1) is 6.95. The van der Waals surface area contributed by atoms with Crippen LogP contribution in [0.4, 0.5) is 0 Å². The number of nitrogens with one attached hydrogen (secondary N) is 1. The van der Waals surface area contributed by atoms with E-state index in [-0.39, 0.29) is 7.43 Å². The lowest BCUT2D eigenvalue weighted by atomic mass is 10.3. The Morgan fingerprint density at radius 1 is 1.00 bits per heavy atom. The van der Waals surface area contributed by atoms with Crippen LogP contribution in [0.25, 0.3) is 0 Å². The lowest BCUT2D eigenvalue weighted by Crippen LogP contribution is -2.46. The molecule has 0 aromatic heterocycles. The summed E-state index contributed by atoms with van der Waals surface area (Å²) >= 11 is 0. The normalized spacial score (nSPS) is 17.1. The van der Waals surface area contributed by atoms with E-state index in [2.05, 4.69) is 56.9 Å². The molecule has 1 aliphatic heterocycles. The maximum Gasteiger partial charge on any atom is 0.0110 e. The van der Waals surface area contributed by atoms with Gasteiger partial charge in [-0.15, -0.1) is 0 Å². The van der Waals surface area contributed by atoms with Gasteiger partial charge in [-0.3, -0.25) is 4.90 Å². The highest BCUT2D eigenvalue weighted by atomic mass is 15.2. The highest BCUT2D eigenvalue weighted by Crippen LogP contribution is 1.97. The van der Waals surface area contributed by atoms with Crippen LogP contribution in [0.2, 0.25) is 0 Å². The molecule has 0 aromatic rings. The molecule has 1 N–H and O–H groups in total. The first-order valence-electron chi connectivity index (χ1n) is 6.06. The van der Waals surface area contributed by atoms with E-state index >= 15 is 0 Å². The van der Waals surface area contributed by atoms with E-state index in [0.29, 0.717) is 6.04 Å². The minimum Gasteiger partial charge on any atom is -0.314 e. The van der Waals surface area contributed by atoms with Crippen LogP contribution in [0.3, 0.4) is 0 Å². The quantitative estimate of drug-likeness (QED) is 0.783. The molecule has 1 aliphatic rings. The van der Waals surface area contributed by atoms with E-state index in [1.165, 1.54) is 13.1 Å². The maximum atomic E-state index is 3.33. The molecule has 3 heteroatoms. The zero-order valence-electron chi connectivity index (χ0n) is 11.4. The molecule has 0 aliphatic carbocycles. The third-order valence-electron chi connectivity index (χ3n) is 2.91. The molecular weight excluding hydrogens is 198 g/mol. The van der Waals surface area contributed by atoms with Crippen LogP contribution in [-0.4, -0.2) is 62.2 Å². The molecule has 0 radical (unpaired) electrons. The van der Waals surface area contributed by atoms with Gasteiger partial charge in [-0.1, -0.05) is 7.43 Å².